The third-order valence-corrected chi connectivity index (χ3v) is 5.12. The van der Waals surface area contributed by atoms with Crippen molar-refractivity contribution in [2.75, 3.05) is 11.9 Å². The fourth-order valence-electron chi connectivity index (χ4n) is 3.37. The molecule has 2 aromatic heterocycles. The van der Waals surface area contributed by atoms with Crippen LogP contribution in [0.25, 0.3) is 12.0 Å². The van der Waals surface area contributed by atoms with Crippen LogP contribution >= 0.6 is 0 Å². The van der Waals surface area contributed by atoms with Crippen molar-refractivity contribution in [3.63, 3.8) is 0 Å². The van der Waals surface area contributed by atoms with Crippen LogP contribution in [0.2, 0.25) is 0 Å². The van der Waals surface area contributed by atoms with E-state index in [1.54, 1.807) is 23.1 Å². The molecule has 8 heteroatoms. The fourth-order valence-corrected chi connectivity index (χ4v) is 3.37. The second kappa shape index (κ2) is 7.85. The number of halogens is 2. The first-order chi connectivity index (χ1) is 13.5. The lowest BCUT2D eigenvalue weighted by molar-refractivity contribution is -0.0361. The van der Waals surface area contributed by atoms with Gasteiger partial charge in [-0.2, -0.15) is 10.1 Å². The molecule has 2 aliphatic rings. The third-order valence-electron chi connectivity index (χ3n) is 5.12. The summed E-state index contributed by atoms with van der Waals surface area (Å²) in [6, 6.07) is 3.78. The van der Waals surface area contributed by atoms with Crippen LogP contribution in [-0.2, 0) is 4.74 Å². The maximum Gasteiger partial charge on any atom is 0.253 e. The lowest BCUT2D eigenvalue weighted by Gasteiger charge is -2.29. The van der Waals surface area contributed by atoms with E-state index < -0.39 is 5.92 Å². The van der Waals surface area contributed by atoms with Crippen LogP contribution in [0.4, 0.5) is 14.6 Å². The molecule has 0 atom stereocenters. The molecule has 0 aliphatic heterocycles. The molecular weight excluding hydrogens is 364 g/mol. The second-order valence-electron chi connectivity index (χ2n) is 7.47. The molecule has 28 heavy (non-hydrogen) atoms. The Balaban J connectivity index is 1.56. The molecule has 2 aliphatic carbocycles. The third kappa shape index (κ3) is 4.66. The van der Waals surface area contributed by atoms with E-state index in [0.29, 0.717) is 42.8 Å². The number of ether oxygens (including phenoxy) is 1. The number of nitrogens with one attached hydrogen (secondary N) is 1. The highest BCUT2D eigenvalue weighted by Crippen LogP contribution is 2.39. The second-order valence-corrected chi connectivity index (χ2v) is 7.47. The number of hydrogen-bond acceptors (Lipinski definition) is 5. The Morgan fingerprint density at radius 2 is 2.04 bits per heavy atom. The van der Waals surface area contributed by atoms with Gasteiger partial charge in [0.15, 0.2) is 0 Å². The largest absolute Gasteiger partial charge is 0.501 e. The lowest BCUT2D eigenvalue weighted by atomic mass is 9.92. The molecule has 0 bridgehead atoms. The van der Waals surface area contributed by atoms with Crippen molar-refractivity contribution in [3.8, 4) is 5.95 Å². The first-order valence-corrected chi connectivity index (χ1v) is 9.90. The van der Waals surface area contributed by atoms with Crippen molar-refractivity contribution in [3.05, 3.63) is 36.0 Å². The highest BCUT2D eigenvalue weighted by Gasteiger charge is 2.35. The first kappa shape index (κ1) is 18.8. The molecular formula is C20H25F2N5O. The van der Waals surface area contributed by atoms with E-state index in [1.165, 1.54) is 12.8 Å². The van der Waals surface area contributed by atoms with Crippen LogP contribution in [0.1, 0.15) is 62.8 Å². The van der Waals surface area contributed by atoms with E-state index >= 15 is 0 Å². The molecule has 2 heterocycles. The van der Waals surface area contributed by atoms with E-state index in [1.807, 2.05) is 19.2 Å². The fraction of sp³-hybridized carbons (Fsp3) is 0.550. The molecule has 0 aromatic carbocycles. The van der Waals surface area contributed by atoms with Gasteiger partial charge in [-0.25, -0.2) is 18.4 Å². The smallest absolute Gasteiger partial charge is 0.253 e. The summed E-state index contributed by atoms with van der Waals surface area (Å²) in [6.45, 7) is 2.48. The van der Waals surface area contributed by atoms with Gasteiger partial charge in [0, 0.05) is 37.1 Å². The van der Waals surface area contributed by atoms with E-state index in [-0.39, 0.29) is 18.9 Å². The number of alkyl halides is 2. The molecule has 0 amide bonds. The molecule has 2 aromatic rings. The molecule has 0 unspecified atom stereocenters. The molecule has 2 saturated carbocycles. The van der Waals surface area contributed by atoms with Gasteiger partial charge in [-0.05, 0) is 44.7 Å². The minimum absolute atomic E-state index is 0.0225. The highest BCUT2D eigenvalue weighted by atomic mass is 19.3. The Labute approximate surface area is 163 Å². The van der Waals surface area contributed by atoms with Gasteiger partial charge >= 0.3 is 0 Å². The molecule has 2 fully saturated rings. The Hall–Kier alpha value is -2.51. The quantitative estimate of drug-likeness (QED) is 0.705. The van der Waals surface area contributed by atoms with Crippen molar-refractivity contribution < 1.29 is 13.5 Å². The lowest BCUT2D eigenvalue weighted by Crippen LogP contribution is -2.32. The number of anilines is 1. The number of nitrogens with zero attached hydrogens (tertiary/aromatic N) is 4. The summed E-state index contributed by atoms with van der Waals surface area (Å²) in [6.07, 6.45) is 8.23. The average molecular weight is 389 g/mol. The van der Waals surface area contributed by atoms with Crippen molar-refractivity contribution in [1.29, 1.82) is 0 Å². The maximum absolute atomic E-state index is 13.4. The SMILES string of the molecule is CCO/C=C/c1cc(NC2CCC(F)(F)CC2)nc(-n2ccc(C3CC3)n2)n1. The molecule has 0 saturated heterocycles. The van der Waals surface area contributed by atoms with Crippen molar-refractivity contribution in [1.82, 2.24) is 19.7 Å². The molecule has 4 rings (SSSR count). The summed E-state index contributed by atoms with van der Waals surface area (Å²) in [5.41, 5.74) is 1.73. The normalized spacial score (nSPS) is 19.8. The number of rotatable bonds is 7. The highest BCUT2D eigenvalue weighted by molar-refractivity contribution is 5.51. The summed E-state index contributed by atoms with van der Waals surface area (Å²) in [5.74, 6) is -0.938. The van der Waals surface area contributed by atoms with Gasteiger partial charge in [-0.1, -0.05) is 0 Å². The Kier molecular flexibility index (Phi) is 5.28. The van der Waals surface area contributed by atoms with Gasteiger partial charge < -0.3 is 10.1 Å². The topological polar surface area (TPSA) is 64.9 Å². The summed E-state index contributed by atoms with van der Waals surface area (Å²) in [5, 5.41) is 7.90. The van der Waals surface area contributed by atoms with Crippen LogP contribution in [-0.4, -0.2) is 38.3 Å². The van der Waals surface area contributed by atoms with Crippen molar-refractivity contribution in [2.45, 2.75) is 63.3 Å². The van der Waals surface area contributed by atoms with Gasteiger partial charge in [-0.3, -0.25) is 0 Å². The Morgan fingerprint density at radius 3 is 2.75 bits per heavy atom. The first-order valence-electron chi connectivity index (χ1n) is 9.90. The van der Waals surface area contributed by atoms with Crippen molar-refractivity contribution in [2.24, 2.45) is 0 Å². The predicted molar refractivity (Wildman–Crippen MR) is 103 cm³/mol. The maximum atomic E-state index is 13.4. The predicted octanol–water partition coefficient (Wildman–Crippen LogP) is 4.54. The summed E-state index contributed by atoms with van der Waals surface area (Å²) >= 11 is 0. The van der Waals surface area contributed by atoms with Crippen LogP contribution < -0.4 is 5.32 Å². The van der Waals surface area contributed by atoms with Crippen LogP contribution in [0, 0.1) is 0 Å². The van der Waals surface area contributed by atoms with Gasteiger partial charge in [0.25, 0.3) is 5.95 Å². The Morgan fingerprint density at radius 1 is 1.25 bits per heavy atom. The molecule has 150 valence electrons. The van der Waals surface area contributed by atoms with E-state index in [4.69, 9.17) is 4.74 Å². The number of hydrogen-bond donors (Lipinski definition) is 1. The number of aromatic nitrogens is 4. The molecule has 0 radical (unpaired) electrons. The van der Waals surface area contributed by atoms with Crippen LogP contribution in [0.5, 0.6) is 0 Å². The molecule has 0 spiro atoms. The Bertz CT molecular complexity index is 837. The minimum Gasteiger partial charge on any atom is -0.501 e. The summed E-state index contributed by atoms with van der Waals surface area (Å²) in [7, 11) is 0. The average Bonchev–Trinajstić information content (AvgIpc) is 3.40. The van der Waals surface area contributed by atoms with Crippen LogP contribution in [0.15, 0.2) is 24.6 Å². The molecule has 1 N–H and O–H groups in total. The zero-order valence-electron chi connectivity index (χ0n) is 15.9. The zero-order chi connectivity index (χ0) is 19.6. The van der Waals surface area contributed by atoms with Gasteiger partial charge in [0.2, 0.25) is 5.92 Å². The van der Waals surface area contributed by atoms with E-state index in [0.717, 1.165) is 5.69 Å². The van der Waals surface area contributed by atoms with E-state index in [9.17, 15) is 8.78 Å². The van der Waals surface area contributed by atoms with Gasteiger partial charge in [0.05, 0.1) is 24.3 Å². The summed E-state index contributed by atoms with van der Waals surface area (Å²) in [4.78, 5) is 9.12. The zero-order valence-corrected chi connectivity index (χ0v) is 15.9. The van der Waals surface area contributed by atoms with Crippen LogP contribution in [0.3, 0.4) is 0 Å². The van der Waals surface area contributed by atoms with E-state index in [2.05, 4.69) is 20.4 Å². The molecule has 6 nitrogen and oxygen atoms in total. The summed E-state index contributed by atoms with van der Waals surface area (Å²) < 4.78 is 33.8. The van der Waals surface area contributed by atoms with Crippen molar-refractivity contribution >= 4 is 11.9 Å². The standard InChI is InChI=1S/C20H25F2N5O/c1-2-28-12-8-16-13-18(23-15-5-9-20(21,22)10-6-15)25-19(24-16)27-11-7-17(26-27)14-3-4-14/h7-8,11-15H,2-6,9-10H2,1H3,(H,23,24,25)/b12-8+. The van der Waals surface area contributed by atoms with Gasteiger partial charge in [-0.15, -0.1) is 0 Å². The monoisotopic (exact) mass is 389 g/mol. The van der Waals surface area contributed by atoms with Gasteiger partial charge in [0.1, 0.15) is 5.82 Å². The minimum atomic E-state index is -2.55.